The Kier molecular flexibility index (Phi) is 58.8. The van der Waals surface area contributed by atoms with Crippen molar-refractivity contribution in [2.45, 2.75) is 355 Å². The van der Waals surface area contributed by atoms with Gasteiger partial charge in [0.15, 0.2) is 0 Å². The summed E-state index contributed by atoms with van der Waals surface area (Å²) in [6.07, 6.45) is 64.5. The fraction of sp³-hybridized carbons (Fsp3) is 0.969. The molecule has 0 fully saturated rings. The molecule has 0 aliphatic heterocycles. The molecular weight excluding hydrogens is 873 g/mol. The highest BCUT2D eigenvalue weighted by atomic mass is 16.5. The fourth-order valence-electron chi connectivity index (χ4n) is 10.8. The number of aliphatic hydroxyl groups is 1. The van der Waals surface area contributed by atoms with E-state index in [1.807, 2.05) is 0 Å². The first-order valence-electron chi connectivity index (χ1n) is 32.8. The van der Waals surface area contributed by atoms with Gasteiger partial charge in [0.25, 0.3) is 0 Å². The number of carbonyl (C=O) groups excluding carboxylic acids is 2. The molecule has 1 amide bonds. The summed E-state index contributed by atoms with van der Waals surface area (Å²) in [7, 11) is 0. The van der Waals surface area contributed by atoms with Gasteiger partial charge in [0.05, 0.1) is 12.5 Å². The third-order valence-corrected chi connectivity index (χ3v) is 15.8. The van der Waals surface area contributed by atoms with Crippen molar-refractivity contribution in [3.8, 4) is 0 Å². The van der Waals surface area contributed by atoms with Crippen LogP contribution in [0.15, 0.2) is 0 Å². The van der Waals surface area contributed by atoms with Crippen LogP contribution in [0, 0.1) is 11.8 Å². The summed E-state index contributed by atoms with van der Waals surface area (Å²) in [6, 6.07) is 0. The highest BCUT2D eigenvalue weighted by Crippen LogP contribution is 2.23. The Morgan fingerprint density at radius 2 is 0.634 bits per heavy atom. The Labute approximate surface area is 446 Å². The number of hydrogen-bond donors (Lipinski definition) is 2. The smallest absolute Gasteiger partial charge is 0.308 e. The van der Waals surface area contributed by atoms with E-state index in [2.05, 4.69) is 37.9 Å². The second kappa shape index (κ2) is 59.7. The van der Waals surface area contributed by atoms with Crippen molar-refractivity contribution >= 4 is 11.9 Å². The first kappa shape index (κ1) is 69.9. The molecule has 71 heavy (non-hydrogen) atoms. The number of amides is 1. The molecule has 0 aromatic rings. The third-order valence-electron chi connectivity index (χ3n) is 15.8. The summed E-state index contributed by atoms with van der Waals surface area (Å²) in [6.45, 7) is 14.1. The molecule has 0 heterocycles. The molecule has 0 aliphatic carbocycles. The van der Waals surface area contributed by atoms with Crippen molar-refractivity contribution in [1.29, 1.82) is 0 Å². The average molecular weight is 1000 g/mol. The lowest BCUT2D eigenvalue weighted by molar-refractivity contribution is -0.149. The monoisotopic (exact) mass is 1000 g/mol. The Morgan fingerprint density at radius 1 is 0.352 bits per heavy atom. The summed E-state index contributed by atoms with van der Waals surface area (Å²) >= 11 is 0. The molecule has 6 nitrogen and oxygen atoms in total. The molecule has 0 saturated carbocycles. The van der Waals surface area contributed by atoms with Gasteiger partial charge in [-0.2, -0.15) is 0 Å². The van der Waals surface area contributed by atoms with Gasteiger partial charge < -0.3 is 20.1 Å². The molecule has 6 heteroatoms. The van der Waals surface area contributed by atoms with Gasteiger partial charge in [0, 0.05) is 19.1 Å². The number of ether oxygens (including phenoxy) is 1. The van der Waals surface area contributed by atoms with Crippen LogP contribution < -0.4 is 5.32 Å². The molecular formula is C65H130N2O4. The van der Waals surface area contributed by atoms with E-state index >= 15 is 0 Å². The number of esters is 1. The first-order valence-corrected chi connectivity index (χ1v) is 32.8. The molecule has 2 N–H and O–H groups in total. The van der Waals surface area contributed by atoms with Crippen molar-refractivity contribution in [1.82, 2.24) is 10.2 Å². The van der Waals surface area contributed by atoms with Crippen LogP contribution in [0.5, 0.6) is 0 Å². The maximum Gasteiger partial charge on any atom is 0.308 e. The maximum atomic E-state index is 13.5. The quantitative estimate of drug-likeness (QED) is 0.0469. The second-order valence-electron chi connectivity index (χ2n) is 22.8. The number of unbranched alkanes of at least 4 members (excludes halogenated alkanes) is 40. The van der Waals surface area contributed by atoms with E-state index in [9.17, 15) is 14.7 Å². The van der Waals surface area contributed by atoms with Gasteiger partial charge in [0.2, 0.25) is 5.91 Å². The van der Waals surface area contributed by atoms with Gasteiger partial charge in [0.1, 0.15) is 0 Å². The maximum absolute atomic E-state index is 13.5. The molecule has 424 valence electrons. The Bertz CT molecular complexity index is 1040. The fourth-order valence-corrected chi connectivity index (χ4v) is 10.8. The number of rotatable bonds is 61. The van der Waals surface area contributed by atoms with Crippen molar-refractivity contribution in [2.24, 2.45) is 11.8 Å². The minimum atomic E-state index is 0.0781. The number of aliphatic hydroxyl groups excluding tert-OH is 1. The van der Waals surface area contributed by atoms with Gasteiger partial charge in [-0.15, -0.1) is 0 Å². The van der Waals surface area contributed by atoms with Crippen molar-refractivity contribution in [2.75, 3.05) is 39.4 Å². The molecule has 0 bridgehead atoms. The zero-order valence-corrected chi connectivity index (χ0v) is 49.1. The highest BCUT2D eigenvalue weighted by Gasteiger charge is 2.20. The lowest BCUT2D eigenvalue weighted by atomic mass is 9.93. The van der Waals surface area contributed by atoms with E-state index in [4.69, 9.17) is 4.74 Å². The summed E-state index contributed by atoms with van der Waals surface area (Å²) in [5, 5.41) is 12.8. The lowest BCUT2D eigenvalue weighted by Crippen LogP contribution is -2.31. The van der Waals surface area contributed by atoms with Gasteiger partial charge in [-0.1, -0.05) is 291 Å². The Hall–Kier alpha value is -1.14. The molecule has 0 rings (SSSR count). The largest absolute Gasteiger partial charge is 0.465 e. The van der Waals surface area contributed by atoms with E-state index in [-0.39, 0.29) is 24.4 Å². The van der Waals surface area contributed by atoms with Crippen LogP contribution in [-0.2, 0) is 14.3 Å². The molecule has 2 atom stereocenters. The predicted octanol–water partition coefficient (Wildman–Crippen LogP) is 20.1. The second-order valence-corrected chi connectivity index (χ2v) is 22.8. The standard InChI is InChI=1S/C65H130N2O4/c1-5-9-13-17-21-25-27-29-32-35-43-53-62(52-42-34-30-23-19-15-11-7-3)64(69)66-56-46-38-39-47-57-67(59-49-50-60-68)58-48-40-41-51-61-71-65(70)63(54-44-36-31-24-20-16-12-8-4)55-45-37-33-28-26-22-18-14-10-6-2/h62-63,68H,5-61H2,1-4H3,(H,66,69). The van der Waals surface area contributed by atoms with Crippen LogP contribution in [0.3, 0.4) is 0 Å². The number of nitrogens with one attached hydrogen (secondary N) is 1. The number of hydrogen-bond acceptors (Lipinski definition) is 5. The normalized spacial score (nSPS) is 12.5. The van der Waals surface area contributed by atoms with Gasteiger partial charge in [-0.05, 0) is 83.8 Å². The van der Waals surface area contributed by atoms with Crippen LogP contribution in [-0.4, -0.2) is 61.3 Å². The Morgan fingerprint density at radius 3 is 0.986 bits per heavy atom. The summed E-state index contributed by atoms with van der Waals surface area (Å²) < 4.78 is 5.96. The minimum Gasteiger partial charge on any atom is -0.465 e. The predicted molar refractivity (Wildman–Crippen MR) is 313 cm³/mol. The van der Waals surface area contributed by atoms with Crippen LogP contribution >= 0.6 is 0 Å². The van der Waals surface area contributed by atoms with Gasteiger partial charge in [-0.25, -0.2) is 0 Å². The van der Waals surface area contributed by atoms with Crippen molar-refractivity contribution < 1.29 is 19.4 Å². The SMILES string of the molecule is CCCCCCCCCCCCCC(CCCCCCCCCC)C(=O)NCCCCCCN(CCCCO)CCCCCCOC(=O)C(CCCCCCCCCC)CCCCCCCCCCCC. The van der Waals surface area contributed by atoms with Gasteiger partial charge in [-0.3, -0.25) is 9.59 Å². The molecule has 0 spiro atoms. The molecule has 2 unspecified atom stereocenters. The van der Waals surface area contributed by atoms with Crippen LogP contribution in [0.1, 0.15) is 355 Å². The minimum absolute atomic E-state index is 0.0781. The summed E-state index contributed by atoms with van der Waals surface area (Å²) in [4.78, 5) is 29.4. The summed E-state index contributed by atoms with van der Waals surface area (Å²) in [5.74, 6) is 0.688. The topological polar surface area (TPSA) is 78.9 Å². The molecule has 0 aromatic carbocycles. The van der Waals surface area contributed by atoms with Crippen LogP contribution in [0.2, 0.25) is 0 Å². The van der Waals surface area contributed by atoms with Crippen molar-refractivity contribution in [3.05, 3.63) is 0 Å². The molecule has 0 aliphatic rings. The molecule has 0 saturated heterocycles. The zero-order chi connectivity index (χ0) is 51.6. The summed E-state index contributed by atoms with van der Waals surface area (Å²) in [5.41, 5.74) is 0. The van der Waals surface area contributed by atoms with E-state index < -0.39 is 0 Å². The third kappa shape index (κ3) is 52.1. The average Bonchev–Trinajstić information content (AvgIpc) is 3.37. The van der Waals surface area contributed by atoms with E-state index in [0.29, 0.717) is 12.5 Å². The lowest BCUT2D eigenvalue weighted by Gasteiger charge is -2.22. The van der Waals surface area contributed by atoms with Crippen LogP contribution in [0.25, 0.3) is 0 Å². The van der Waals surface area contributed by atoms with E-state index in [1.54, 1.807) is 0 Å². The van der Waals surface area contributed by atoms with Crippen molar-refractivity contribution in [3.63, 3.8) is 0 Å². The number of nitrogens with zero attached hydrogens (tertiary/aromatic N) is 1. The Balaban J connectivity index is 4.59. The van der Waals surface area contributed by atoms with Gasteiger partial charge >= 0.3 is 5.97 Å². The van der Waals surface area contributed by atoms with Crippen LogP contribution in [0.4, 0.5) is 0 Å². The molecule has 0 aromatic heterocycles. The molecule has 0 radical (unpaired) electrons. The van der Waals surface area contributed by atoms with E-state index in [0.717, 1.165) is 90.4 Å². The zero-order valence-electron chi connectivity index (χ0n) is 49.1. The number of carbonyl (C=O) groups is 2. The first-order chi connectivity index (χ1) is 35.0. The van der Waals surface area contributed by atoms with E-state index in [1.165, 1.54) is 263 Å². The highest BCUT2D eigenvalue weighted by molar-refractivity contribution is 5.78.